The van der Waals surface area contributed by atoms with Gasteiger partial charge in [0.2, 0.25) is 0 Å². The summed E-state index contributed by atoms with van der Waals surface area (Å²) in [5.41, 5.74) is 4.05. The molecule has 0 aliphatic carbocycles. The molecular weight excluding hydrogens is 196 g/mol. The van der Waals surface area contributed by atoms with Gasteiger partial charge in [-0.2, -0.15) is 0 Å². The fourth-order valence-electron chi connectivity index (χ4n) is 1.88. The van der Waals surface area contributed by atoms with Crippen LogP contribution >= 0.6 is 0 Å². The first-order valence-electron chi connectivity index (χ1n) is 5.50. The van der Waals surface area contributed by atoms with Crippen LogP contribution in [0.4, 0.5) is 0 Å². The number of allylic oxidation sites excluding steroid dienone is 2. The molecule has 0 saturated carbocycles. The first-order valence-corrected chi connectivity index (χ1v) is 5.50. The molecule has 0 radical (unpaired) electrons. The zero-order chi connectivity index (χ0) is 11.7. The van der Waals surface area contributed by atoms with Gasteiger partial charge in [0.1, 0.15) is 11.3 Å². The molecule has 16 heavy (non-hydrogen) atoms. The Morgan fingerprint density at radius 1 is 1.25 bits per heavy atom. The molecule has 1 nitrogen and oxygen atoms in total. The van der Waals surface area contributed by atoms with Crippen molar-refractivity contribution >= 4 is 22.1 Å². The molecule has 1 aromatic heterocycles. The zero-order valence-corrected chi connectivity index (χ0v) is 9.84. The van der Waals surface area contributed by atoms with Crippen LogP contribution in [0.3, 0.4) is 0 Å². The van der Waals surface area contributed by atoms with Gasteiger partial charge in [-0.25, -0.2) is 0 Å². The Hall–Kier alpha value is -1.76. The van der Waals surface area contributed by atoms with Crippen molar-refractivity contribution in [2.75, 3.05) is 0 Å². The van der Waals surface area contributed by atoms with Gasteiger partial charge in [0.15, 0.2) is 0 Å². The predicted octanol–water partition coefficient (Wildman–Crippen LogP) is 4.89. The molecule has 0 N–H and O–H groups in total. The fourth-order valence-corrected chi connectivity index (χ4v) is 1.88. The summed E-state index contributed by atoms with van der Waals surface area (Å²) in [6.07, 6.45) is 0.889. The third-order valence-electron chi connectivity index (χ3n) is 2.77. The number of hydrogen-bond acceptors (Lipinski definition) is 1. The second kappa shape index (κ2) is 4.01. The Morgan fingerprint density at radius 2 is 1.94 bits per heavy atom. The molecule has 0 aliphatic heterocycles. The van der Waals surface area contributed by atoms with Crippen molar-refractivity contribution in [2.24, 2.45) is 0 Å². The van der Waals surface area contributed by atoms with Gasteiger partial charge in [0.05, 0.1) is 0 Å². The Bertz CT molecular complexity index is 558. The van der Waals surface area contributed by atoms with Crippen molar-refractivity contribution in [3.05, 3.63) is 48.7 Å². The van der Waals surface area contributed by atoms with Gasteiger partial charge < -0.3 is 4.42 Å². The Labute approximate surface area is 96.1 Å². The molecular formula is C15H16O. The molecule has 0 amide bonds. The van der Waals surface area contributed by atoms with Gasteiger partial charge in [-0.3, -0.25) is 0 Å². The van der Waals surface area contributed by atoms with E-state index in [1.165, 1.54) is 0 Å². The summed E-state index contributed by atoms with van der Waals surface area (Å²) < 4.78 is 5.85. The molecule has 2 aromatic rings. The van der Waals surface area contributed by atoms with Gasteiger partial charge >= 0.3 is 0 Å². The zero-order valence-electron chi connectivity index (χ0n) is 9.84. The Balaban J connectivity index is 2.78. The van der Waals surface area contributed by atoms with Crippen LogP contribution in [0.15, 0.2) is 41.8 Å². The lowest BCUT2D eigenvalue weighted by molar-refractivity contribution is 0.596. The summed E-state index contributed by atoms with van der Waals surface area (Å²) >= 11 is 0. The van der Waals surface area contributed by atoms with Gasteiger partial charge in [-0.1, -0.05) is 38.3 Å². The lowest BCUT2D eigenvalue weighted by Gasteiger charge is -2.02. The molecule has 0 aliphatic rings. The molecule has 2 rings (SSSR count). The van der Waals surface area contributed by atoms with Crippen molar-refractivity contribution in [1.29, 1.82) is 0 Å². The van der Waals surface area contributed by atoms with E-state index in [0.29, 0.717) is 0 Å². The first kappa shape index (κ1) is 10.7. The van der Waals surface area contributed by atoms with Crippen LogP contribution in [0.1, 0.15) is 31.6 Å². The molecule has 0 unspecified atom stereocenters. The highest BCUT2D eigenvalue weighted by Gasteiger charge is 2.15. The first-order chi connectivity index (χ1) is 7.65. The maximum atomic E-state index is 5.85. The molecule has 0 spiro atoms. The third kappa shape index (κ3) is 1.58. The van der Waals surface area contributed by atoms with Gasteiger partial charge in [-0.05, 0) is 30.6 Å². The molecule has 82 valence electrons. The van der Waals surface area contributed by atoms with Crippen molar-refractivity contribution in [3.8, 4) is 0 Å². The van der Waals surface area contributed by atoms with E-state index >= 15 is 0 Å². The second-order valence-corrected chi connectivity index (χ2v) is 4.04. The average Bonchev–Trinajstić information content (AvgIpc) is 2.67. The van der Waals surface area contributed by atoms with E-state index in [1.54, 1.807) is 0 Å². The number of para-hydroxylation sites is 1. The van der Waals surface area contributed by atoms with Crippen molar-refractivity contribution in [1.82, 2.24) is 0 Å². The summed E-state index contributed by atoms with van der Waals surface area (Å²) in [6.45, 7) is 12.2. The number of fused-ring (bicyclic) bond motifs is 1. The molecule has 0 bridgehead atoms. The van der Waals surface area contributed by atoms with E-state index in [9.17, 15) is 0 Å². The quantitative estimate of drug-likeness (QED) is 0.706. The summed E-state index contributed by atoms with van der Waals surface area (Å²) in [5, 5.41) is 1.12. The fraction of sp³-hybridized carbons (Fsp3) is 0.200. The van der Waals surface area contributed by atoms with Gasteiger partial charge in [0, 0.05) is 10.9 Å². The minimum absolute atomic E-state index is 0.885. The topological polar surface area (TPSA) is 13.1 Å². The van der Waals surface area contributed by atoms with E-state index in [-0.39, 0.29) is 0 Å². The standard InChI is InChI=1S/C15H16O/c1-5-11(4)15-14(10(2)3)12-8-6-7-9-13(12)16-15/h6-9H,2,4-5H2,1,3H3. The average molecular weight is 212 g/mol. The normalized spacial score (nSPS) is 10.6. The minimum Gasteiger partial charge on any atom is -0.456 e. The Morgan fingerprint density at radius 3 is 2.56 bits per heavy atom. The molecule has 0 atom stereocenters. The largest absolute Gasteiger partial charge is 0.456 e. The maximum Gasteiger partial charge on any atom is 0.138 e. The molecule has 1 aromatic carbocycles. The third-order valence-corrected chi connectivity index (χ3v) is 2.77. The predicted molar refractivity (Wildman–Crippen MR) is 70.2 cm³/mol. The van der Waals surface area contributed by atoms with Crippen LogP contribution < -0.4 is 0 Å². The molecule has 1 heteroatoms. The lowest BCUT2D eigenvalue weighted by Crippen LogP contribution is -1.84. The van der Waals surface area contributed by atoms with Crippen LogP contribution in [-0.2, 0) is 0 Å². The number of furan rings is 1. The smallest absolute Gasteiger partial charge is 0.138 e. The minimum atomic E-state index is 0.885. The van der Waals surface area contributed by atoms with Crippen molar-refractivity contribution in [2.45, 2.75) is 20.3 Å². The summed E-state index contributed by atoms with van der Waals surface area (Å²) in [4.78, 5) is 0. The SMILES string of the molecule is C=C(CC)c1oc2ccccc2c1C(=C)C. The second-order valence-electron chi connectivity index (χ2n) is 4.04. The maximum absolute atomic E-state index is 5.85. The number of rotatable bonds is 3. The van der Waals surface area contributed by atoms with Crippen LogP contribution in [0.25, 0.3) is 22.1 Å². The van der Waals surface area contributed by atoms with Crippen LogP contribution in [0.5, 0.6) is 0 Å². The van der Waals surface area contributed by atoms with E-state index in [0.717, 1.165) is 39.9 Å². The van der Waals surface area contributed by atoms with Crippen LogP contribution in [0, 0.1) is 0 Å². The molecule has 0 fully saturated rings. The van der Waals surface area contributed by atoms with Crippen molar-refractivity contribution < 1.29 is 4.42 Å². The highest BCUT2D eigenvalue weighted by atomic mass is 16.3. The van der Waals surface area contributed by atoms with Crippen molar-refractivity contribution in [3.63, 3.8) is 0 Å². The highest BCUT2D eigenvalue weighted by molar-refractivity contribution is 5.95. The molecule has 1 heterocycles. The van der Waals surface area contributed by atoms with Crippen LogP contribution in [-0.4, -0.2) is 0 Å². The Kier molecular flexibility index (Phi) is 2.69. The molecule has 0 saturated heterocycles. The van der Waals surface area contributed by atoms with Gasteiger partial charge in [0.25, 0.3) is 0 Å². The van der Waals surface area contributed by atoms with E-state index in [2.05, 4.69) is 26.1 Å². The van der Waals surface area contributed by atoms with Gasteiger partial charge in [-0.15, -0.1) is 0 Å². The summed E-state index contributed by atoms with van der Waals surface area (Å²) in [5.74, 6) is 0.885. The lowest BCUT2D eigenvalue weighted by atomic mass is 10.0. The monoisotopic (exact) mass is 212 g/mol. The summed E-state index contributed by atoms with van der Waals surface area (Å²) in [6, 6.07) is 8.04. The van der Waals surface area contributed by atoms with Crippen LogP contribution in [0.2, 0.25) is 0 Å². The van der Waals surface area contributed by atoms with E-state index in [1.807, 2.05) is 25.1 Å². The number of benzene rings is 1. The highest BCUT2D eigenvalue weighted by Crippen LogP contribution is 2.34. The van der Waals surface area contributed by atoms with E-state index in [4.69, 9.17) is 4.42 Å². The summed E-state index contributed by atoms with van der Waals surface area (Å²) in [7, 11) is 0. The van der Waals surface area contributed by atoms with E-state index < -0.39 is 0 Å². The number of hydrogen-bond donors (Lipinski definition) is 0.